The maximum Gasteiger partial charge on any atom is 0.425 e. The van der Waals surface area contributed by atoms with Gasteiger partial charge in [0.05, 0.1) is 0 Å². The fraction of sp³-hybridized carbons (Fsp3) is 0.355. The normalized spacial score (nSPS) is 12.2. The first-order chi connectivity index (χ1) is 20.8. The van der Waals surface area contributed by atoms with E-state index in [1.54, 1.807) is 20.8 Å². The number of nitrogens with one attached hydrogen (secondary N) is 1. The molecule has 2 amide bonds. The molecule has 0 aliphatic heterocycles. The fourth-order valence-corrected chi connectivity index (χ4v) is 4.96. The van der Waals surface area contributed by atoms with Gasteiger partial charge in [-0.1, -0.05) is 48.5 Å². The maximum absolute atomic E-state index is 13.1. The van der Waals surface area contributed by atoms with Gasteiger partial charge in [-0.25, -0.2) is 14.4 Å². The molecule has 13 nitrogen and oxygen atoms in total. The van der Waals surface area contributed by atoms with Crippen molar-refractivity contribution in [3.8, 4) is 11.1 Å². The third-order valence-corrected chi connectivity index (χ3v) is 6.88. The topological polar surface area (TPSA) is 166 Å². The number of aliphatic carboxylic acids is 1. The molecule has 3 aromatic rings. The average Bonchev–Trinajstić information content (AvgIpc) is 3.26. The Morgan fingerprint density at radius 1 is 0.977 bits per heavy atom. The highest BCUT2D eigenvalue weighted by molar-refractivity contribution is 5.81. The van der Waals surface area contributed by atoms with Gasteiger partial charge in [-0.15, -0.1) is 0 Å². The zero-order chi connectivity index (χ0) is 32.2. The number of alkyl carbamates (subject to hydrolysis) is 1. The van der Waals surface area contributed by atoms with Crippen molar-refractivity contribution in [1.82, 2.24) is 19.4 Å². The van der Waals surface area contributed by atoms with Crippen LogP contribution >= 0.6 is 0 Å². The smallest absolute Gasteiger partial charge is 0.425 e. The van der Waals surface area contributed by atoms with Crippen molar-refractivity contribution in [2.75, 3.05) is 26.2 Å². The Labute approximate surface area is 252 Å². The zero-order valence-electron chi connectivity index (χ0n) is 24.9. The zero-order valence-corrected chi connectivity index (χ0v) is 24.9. The number of aromatic nitrogens is 2. The highest BCUT2D eigenvalue weighted by Gasteiger charge is 2.29. The van der Waals surface area contributed by atoms with Crippen LogP contribution in [-0.4, -0.2) is 75.0 Å². The predicted molar refractivity (Wildman–Crippen MR) is 159 cm³/mol. The minimum absolute atomic E-state index is 0.00929. The van der Waals surface area contributed by atoms with E-state index in [9.17, 15) is 33.9 Å². The fourth-order valence-electron chi connectivity index (χ4n) is 4.96. The van der Waals surface area contributed by atoms with E-state index in [2.05, 4.69) is 5.32 Å². The van der Waals surface area contributed by atoms with Gasteiger partial charge in [0.25, 0.3) is 5.56 Å². The van der Waals surface area contributed by atoms with Crippen LogP contribution in [0.5, 0.6) is 0 Å². The Bertz CT molecular complexity index is 1670. The Kier molecular flexibility index (Phi) is 9.36. The van der Waals surface area contributed by atoms with E-state index in [0.717, 1.165) is 37.9 Å². The van der Waals surface area contributed by atoms with Crippen LogP contribution in [-0.2, 0) is 25.6 Å². The number of benzene rings is 2. The highest BCUT2D eigenvalue weighted by atomic mass is 16.6. The van der Waals surface area contributed by atoms with Gasteiger partial charge in [-0.05, 0) is 49.9 Å². The number of rotatable bonds is 9. The van der Waals surface area contributed by atoms with Crippen LogP contribution < -0.4 is 16.6 Å². The molecule has 1 heterocycles. The summed E-state index contributed by atoms with van der Waals surface area (Å²) in [6.45, 7) is 4.39. The molecular weight excluding hydrogens is 572 g/mol. The second-order valence-corrected chi connectivity index (χ2v) is 11.3. The number of hydrogen-bond acceptors (Lipinski definition) is 8. The molecule has 232 valence electrons. The summed E-state index contributed by atoms with van der Waals surface area (Å²) in [6, 6.07) is 15.8. The molecule has 0 atom stereocenters. The number of hydrogen-bond donors (Lipinski definition) is 2. The van der Waals surface area contributed by atoms with E-state index in [-0.39, 0.29) is 35.7 Å². The van der Waals surface area contributed by atoms with E-state index in [0.29, 0.717) is 0 Å². The molecule has 2 N–H and O–H groups in total. The summed E-state index contributed by atoms with van der Waals surface area (Å²) >= 11 is 0. The Hall–Kier alpha value is -5.20. The third kappa shape index (κ3) is 7.22. The minimum Gasteiger partial charge on any atom is -0.480 e. The van der Waals surface area contributed by atoms with Gasteiger partial charge in [0, 0.05) is 30.8 Å². The maximum atomic E-state index is 13.1. The van der Waals surface area contributed by atoms with Crippen molar-refractivity contribution in [2.24, 2.45) is 0 Å². The molecule has 4 rings (SSSR count). The molecule has 44 heavy (non-hydrogen) atoms. The lowest BCUT2D eigenvalue weighted by Crippen LogP contribution is -2.49. The highest BCUT2D eigenvalue weighted by Crippen LogP contribution is 2.44. The number of ether oxygens (including phenoxy) is 2. The van der Waals surface area contributed by atoms with Crippen LogP contribution in [0.25, 0.3) is 11.1 Å². The number of aryl methyl sites for hydroxylation is 1. The van der Waals surface area contributed by atoms with Crippen LogP contribution in [0.3, 0.4) is 0 Å². The van der Waals surface area contributed by atoms with Gasteiger partial charge >= 0.3 is 23.8 Å². The lowest BCUT2D eigenvalue weighted by atomic mass is 9.98. The second kappa shape index (κ2) is 13.0. The molecule has 2 aromatic carbocycles. The molecule has 0 bridgehead atoms. The molecule has 0 spiro atoms. The SMILES string of the molecule is Cc1cn(CC(=O)N(CCNC(=O)OCC2c3ccccc3-c3ccccc32)CC(=O)O)c(=O)n(C(=O)OC(C)(C)C)c1=O. The molecule has 0 fully saturated rings. The van der Waals surface area contributed by atoms with E-state index < -0.39 is 54.0 Å². The Morgan fingerprint density at radius 3 is 2.14 bits per heavy atom. The minimum atomic E-state index is -1.32. The Morgan fingerprint density at radius 2 is 1.57 bits per heavy atom. The monoisotopic (exact) mass is 606 g/mol. The molecule has 13 heteroatoms. The van der Waals surface area contributed by atoms with Gasteiger partial charge < -0.3 is 24.8 Å². The van der Waals surface area contributed by atoms with Crippen molar-refractivity contribution in [3.05, 3.63) is 92.3 Å². The van der Waals surface area contributed by atoms with Gasteiger partial charge in [0.15, 0.2) is 0 Å². The van der Waals surface area contributed by atoms with Crippen LogP contribution in [0.1, 0.15) is 43.4 Å². The molecule has 1 aliphatic carbocycles. The van der Waals surface area contributed by atoms with Crippen molar-refractivity contribution >= 4 is 24.1 Å². The number of fused-ring (bicyclic) bond motifs is 3. The summed E-state index contributed by atoms with van der Waals surface area (Å²) in [6.07, 6.45) is -0.838. The molecule has 0 unspecified atom stereocenters. The standard InChI is InChI=1S/C31H34N4O9/c1-19-15-34(29(41)35(27(19)39)30(42)44-31(2,3)4)16-25(36)33(17-26(37)38)14-13-32-28(40)43-18-24-22-11-7-5-9-20(22)21-10-6-8-12-23(21)24/h5-12,15,24H,13-14,16-18H2,1-4H3,(H,32,40)(H,37,38). The molecular formula is C31H34N4O9. The molecule has 1 aromatic heterocycles. The predicted octanol–water partition coefficient (Wildman–Crippen LogP) is 2.55. The van der Waals surface area contributed by atoms with Gasteiger partial charge in [0.2, 0.25) is 5.91 Å². The summed E-state index contributed by atoms with van der Waals surface area (Å²) in [4.78, 5) is 76.0. The van der Waals surface area contributed by atoms with Crippen molar-refractivity contribution in [1.29, 1.82) is 0 Å². The van der Waals surface area contributed by atoms with Crippen molar-refractivity contribution < 1.29 is 33.8 Å². The lowest BCUT2D eigenvalue weighted by molar-refractivity contribution is -0.144. The van der Waals surface area contributed by atoms with E-state index in [1.807, 2.05) is 48.5 Å². The van der Waals surface area contributed by atoms with Gasteiger partial charge in [0.1, 0.15) is 25.3 Å². The van der Waals surface area contributed by atoms with Gasteiger partial charge in [-0.3, -0.25) is 19.0 Å². The summed E-state index contributed by atoms with van der Waals surface area (Å²) < 4.78 is 11.7. The van der Waals surface area contributed by atoms with Gasteiger partial charge in [-0.2, -0.15) is 4.57 Å². The number of carboxylic acid groups (broad SMARTS) is 1. The van der Waals surface area contributed by atoms with E-state index in [4.69, 9.17) is 9.47 Å². The first kappa shape index (κ1) is 31.7. The Balaban J connectivity index is 1.39. The first-order valence-electron chi connectivity index (χ1n) is 13.9. The van der Waals surface area contributed by atoms with E-state index >= 15 is 0 Å². The number of carbonyl (C=O) groups excluding carboxylic acids is 3. The van der Waals surface area contributed by atoms with Crippen LogP contribution in [0.15, 0.2) is 64.3 Å². The van der Waals surface area contributed by atoms with Crippen molar-refractivity contribution in [3.63, 3.8) is 0 Å². The molecule has 1 aliphatic rings. The number of carboxylic acids is 1. The summed E-state index contributed by atoms with van der Waals surface area (Å²) in [5.41, 5.74) is 1.23. The largest absolute Gasteiger partial charge is 0.480 e. The molecule has 0 saturated carbocycles. The first-order valence-corrected chi connectivity index (χ1v) is 13.9. The van der Waals surface area contributed by atoms with Crippen molar-refractivity contribution in [2.45, 2.75) is 45.8 Å². The van der Waals surface area contributed by atoms with E-state index in [1.165, 1.54) is 6.92 Å². The molecule has 0 radical (unpaired) electrons. The number of nitrogens with zero attached hydrogens (tertiary/aromatic N) is 3. The summed E-state index contributed by atoms with van der Waals surface area (Å²) in [5, 5.41) is 11.9. The molecule has 0 saturated heterocycles. The average molecular weight is 607 g/mol. The summed E-state index contributed by atoms with van der Waals surface area (Å²) in [5.74, 6) is -2.26. The van der Waals surface area contributed by atoms with Crippen LogP contribution in [0.2, 0.25) is 0 Å². The summed E-state index contributed by atoms with van der Waals surface area (Å²) in [7, 11) is 0. The lowest BCUT2D eigenvalue weighted by Gasteiger charge is -2.22. The van der Waals surface area contributed by atoms with Crippen LogP contribution in [0, 0.1) is 6.92 Å². The quantitative estimate of drug-likeness (QED) is 0.372. The number of carbonyl (C=O) groups is 4. The number of amides is 2. The van der Waals surface area contributed by atoms with Crippen LogP contribution in [0.4, 0.5) is 9.59 Å². The third-order valence-electron chi connectivity index (χ3n) is 6.88. The second-order valence-electron chi connectivity index (χ2n) is 11.3.